The zero-order valence-corrected chi connectivity index (χ0v) is 19.9. The third kappa shape index (κ3) is 4.67. The molecular weight excluding hydrogens is 426 g/mol. The molecule has 0 radical (unpaired) electrons. The number of fused-ring (bicyclic) bond motifs is 1. The van der Waals surface area contributed by atoms with E-state index in [4.69, 9.17) is 18.9 Å². The molecule has 5 heteroatoms. The van der Waals surface area contributed by atoms with Crippen LogP contribution in [0.15, 0.2) is 78.4 Å². The first-order chi connectivity index (χ1) is 16.8. The van der Waals surface area contributed by atoms with Crippen molar-refractivity contribution < 1.29 is 23.8 Å². The number of hydrogen-bond acceptors (Lipinski definition) is 4. The van der Waals surface area contributed by atoms with Crippen molar-refractivity contribution in [1.29, 1.82) is 0 Å². The van der Waals surface area contributed by atoms with Crippen LogP contribution in [0.25, 0.3) is 5.76 Å². The summed E-state index contributed by atoms with van der Waals surface area (Å²) in [5, 5.41) is 0. The topological polar surface area (TPSA) is 41.4 Å². The van der Waals surface area contributed by atoms with Gasteiger partial charge in [0.15, 0.2) is 11.5 Å². The van der Waals surface area contributed by atoms with Crippen molar-refractivity contribution in [1.82, 2.24) is 0 Å². The van der Waals surface area contributed by atoms with Crippen molar-refractivity contribution in [3.8, 4) is 17.2 Å². The standard InChI is InChI=1S/C29H31NO4/c1-31-27-13-12-22(19-28(27)32-2)29-25(20-30-14-16-33-17-15-30)24(18-21-8-4-3-5-9-21)23-10-6-7-11-26(23)34-29/h3-13,19,24H,14-18,20H2,1-2H3/p+1. The lowest BCUT2D eigenvalue weighted by Gasteiger charge is -2.34. The van der Waals surface area contributed by atoms with Gasteiger partial charge in [-0.3, -0.25) is 0 Å². The number of methoxy groups -OCH3 is 2. The van der Waals surface area contributed by atoms with Gasteiger partial charge in [0.05, 0.1) is 27.4 Å². The van der Waals surface area contributed by atoms with Gasteiger partial charge in [-0.2, -0.15) is 0 Å². The summed E-state index contributed by atoms with van der Waals surface area (Å²) < 4.78 is 23.4. The van der Waals surface area contributed by atoms with E-state index < -0.39 is 0 Å². The Balaban J connectivity index is 1.63. The second-order valence-electron chi connectivity index (χ2n) is 8.85. The Morgan fingerprint density at radius 3 is 2.35 bits per heavy atom. The SMILES string of the molecule is COc1ccc(C2=C(C[NH+]3CCOCC3)C(Cc3ccccc3)c3ccccc3O2)cc1OC. The maximum Gasteiger partial charge on any atom is 0.161 e. The maximum absolute atomic E-state index is 6.65. The Kier molecular flexibility index (Phi) is 6.84. The van der Waals surface area contributed by atoms with E-state index in [9.17, 15) is 0 Å². The van der Waals surface area contributed by atoms with Gasteiger partial charge in [-0.25, -0.2) is 0 Å². The number of nitrogens with one attached hydrogen (secondary N) is 1. The van der Waals surface area contributed by atoms with E-state index in [-0.39, 0.29) is 5.92 Å². The molecule has 1 N–H and O–H groups in total. The summed E-state index contributed by atoms with van der Waals surface area (Å²) in [6, 6.07) is 25.2. The normalized spacial score (nSPS) is 18.2. The molecule has 3 aromatic carbocycles. The molecule has 5 rings (SSSR count). The Bertz CT molecular complexity index is 1150. The van der Waals surface area contributed by atoms with Crippen LogP contribution >= 0.6 is 0 Å². The Morgan fingerprint density at radius 1 is 0.853 bits per heavy atom. The minimum Gasteiger partial charge on any atom is -0.493 e. The van der Waals surface area contributed by atoms with Gasteiger partial charge < -0.3 is 23.8 Å². The van der Waals surface area contributed by atoms with Crippen LogP contribution in [0.4, 0.5) is 0 Å². The molecule has 0 aliphatic carbocycles. The molecule has 2 aliphatic heterocycles. The highest BCUT2D eigenvalue weighted by Crippen LogP contribution is 2.44. The van der Waals surface area contributed by atoms with Gasteiger partial charge in [0.25, 0.3) is 0 Å². The first-order valence-corrected chi connectivity index (χ1v) is 11.9. The first kappa shape index (κ1) is 22.5. The number of benzene rings is 3. The van der Waals surface area contributed by atoms with Crippen LogP contribution in [0.5, 0.6) is 17.2 Å². The van der Waals surface area contributed by atoms with E-state index in [0.717, 1.165) is 56.3 Å². The van der Waals surface area contributed by atoms with Crippen molar-refractivity contribution in [3.05, 3.63) is 95.1 Å². The Labute approximate surface area is 201 Å². The zero-order valence-electron chi connectivity index (χ0n) is 19.9. The summed E-state index contributed by atoms with van der Waals surface area (Å²) in [7, 11) is 3.33. The van der Waals surface area contributed by atoms with Crippen LogP contribution in [0.2, 0.25) is 0 Å². The second kappa shape index (κ2) is 10.3. The van der Waals surface area contributed by atoms with E-state index in [2.05, 4.69) is 54.6 Å². The fraction of sp³-hybridized carbons (Fsp3) is 0.310. The highest BCUT2D eigenvalue weighted by Gasteiger charge is 2.33. The highest BCUT2D eigenvalue weighted by atomic mass is 16.5. The minimum atomic E-state index is 0.228. The molecule has 0 aromatic heterocycles. The molecule has 5 nitrogen and oxygen atoms in total. The molecule has 0 spiro atoms. The molecule has 34 heavy (non-hydrogen) atoms. The molecule has 3 aromatic rings. The van der Waals surface area contributed by atoms with E-state index in [1.165, 1.54) is 21.6 Å². The number of morpholine rings is 1. The molecule has 1 saturated heterocycles. The summed E-state index contributed by atoms with van der Waals surface area (Å²) in [5.41, 5.74) is 4.91. The predicted octanol–water partition coefficient (Wildman–Crippen LogP) is 3.75. The molecule has 2 aliphatic rings. The van der Waals surface area contributed by atoms with Crippen molar-refractivity contribution in [3.63, 3.8) is 0 Å². The molecule has 1 unspecified atom stereocenters. The number of rotatable bonds is 7. The van der Waals surface area contributed by atoms with Gasteiger partial charge in [-0.05, 0) is 36.2 Å². The zero-order chi connectivity index (χ0) is 23.3. The van der Waals surface area contributed by atoms with Crippen LogP contribution in [0.3, 0.4) is 0 Å². The van der Waals surface area contributed by atoms with Gasteiger partial charge in [0.1, 0.15) is 31.1 Å². The third-order valence-electron chi connectivity index (χ3n) is 6.79. The monoisotopic (exact) mass is 458 g/mol. The van der Waals surface area contributed by atoms with Crippen molar-refractivity contribution in [2.75, 3.05) is 47.1 Å². The fourth-order valence-corrected chi connectivity index (χ4v) is 5.00. The first-order valence-electron chi connectivity index (χ1n) is 11.9. The summed E-state index contributed by atoms with van der Waals surface area (Å²) >= 11 is 0. The van der Waals surface area contributed by atoms with Crippen molar-refractivity contribution in [2.24, 2.45) is 0 Å². The van der Waals surface area contributed by atoms with Crippen LogP contribution < -0.4 is 19.1 Å². The van der Waals surface area contributed by atoms with Crippen LogP contribution in [0.1, 0.15) is 22.6 Å². The lowest BCUT2D eigenvalue weighted by Crippen LogP contribution is -3.14. The van der Waals surface area contributed by atoms with E-state index in [1.807, 2.05) is 18.2 Å². The summed E-state index contributed by atoms with van der Waals surface area (Å²) in [6.45, 7) is 4.52. The highest BCUT2D eigenvalue weighted by molar-refractivity contribution is 5.72. The number of ether oxygens (including phenoxy) is 4. The molecule has 1 atom stereocenters. The predicted molar refractivity (Wildman–Crippen MR) is 133 cm³/mol. The summed E-state index contributed by atoms with van der Waals surface area (Å²) in [5.74, 6) is 3.50. The van der Waals surface area contributed by atoms with Crippen molar-refractivity contribution in [2.45, 2.75) is 12.3 Å². The molecule has 0 amide bonds. The fourth-order valence-electron chi connectivity index (χ4n) is 5.00. The van der Waals surface area contributed by atoms with Gasteiger partial charge in [0.2, 0.25) is 0 Å². The van der Waals surface area contributed by atoms with E-state index in [0.29, 0.717) is 11.5 Å². The number of hydrogen-bond donors (Lipinski definition) is 1. The minimum absolute atomic E-state index is 0.228. The lowest BCUT2D eigenvalue weighted by molar-refractivity contribution is -0.903. The van der Waals surface area contributed by atoms with Crippen LogP contribution in [-0.4, -0.2) is 47.1 Å². The second-order valence-corrected chi connectivity index (χ2v) is 8.85. The van der Waals surface area contributed by atoms with Crippen molar-refractivity contribution >= 4 is 5.76 Å². The molecule has 2 heterocycles. The third-order valence-corrected chi connectivity index (χ3v) is 6.79. The number of quaternary nitrogens is 1. The van der Waals surface area contributed by atoms with Crippen LogP contribution in [-0.2, 0) is 11.2 Å². The average Bonchev–Trinajstić information content (AvgIpc) is 2.90. The van der Waals surface area contributed by atoms with Gasteiger partial charge in [-0.15, -0.1) is 0 Å². The molecule has 1 fully saturated rings. The average molecular weight is 459 g/mol. The van der Waals surface area contributed by atoms with Gasteiger partial charge in [0, 0.05) is 22.6 Å². The molecule has 176 valence electrons. The lowest BCUT2D eigenvalue weighted by atomic mass is 9.81. The van der Waals surface area contributed by atoms with E-state index >= 15 is 0 Å². The number of para-hydroxylation sites is 1. The Morgan fingerprint density at radius 2 is 1.59 bits per heavy atom. The largest absolute Gasteiger partial charge is 0.493 e. The Hall–Kier alpha value is -3.28. The van der Waals surface area contributed by atoms with Crippen LogP contribution in [0, 0.1) is 0 Å². The quantitative estimate of drug-likeness (QED) is 0.586. The molecule has 0 bridgehead atoms. The summed E-state index contributed by atoms with van der Waals surface area (Å²) in [4.78, 5) is 1.53. The smallest absolute Gasteiger partial charge is 0.161 e. The maximum atomic E-state index is 6.65. The summed E-state index contributed by atoms with van der Waals surface area (Å²) in [6.07, 6.45) is 0.928. The molecular formula is C29H32NO4+. The van der Waals surface area contributed by atoms with Gasteiger partial charge in [-0.1, -0.05) is 48.5 Å². The molecule has 0 saturated carbocycles. The van der Waals surface area contributed by atoms with Gasteiger partial charge >= 0.3 is 0 Å². The van der Waals surface area contributed by atoms with E-state index in [1.54, 1.807) is 14.2 Å².